The second-order valence-corrected chi connectivity index (χ2v) is 7.12. The van der Waals surface area contributed by atoms with Gasteiger partial charge in [0.1, 0.15) is 0 Å². The van der Waals surface area contributed by atoms with Gasteiger partial charge in [0.2, 0.25) is 5.95 Å². The molecule has 2 heterocycles. The van der Waals surface area contributed by atoms with Gasteiger partial charge < -0.3 is 29.2 Å². The van der Waals surface area contributed by atoms with Crippen LogP contribution < -0.4 is 19.7 Å². The van der Waals surface area contributed by atoms with Crippen molar-refractivity contribution in [2.75, 3.05) is 50.6 Å². The highest BCUT2D eigenvalue weighted by Crippen LogP contribution is 2.30. The zero-order valence-corrected chi connectivity index (χ0v) is 17.6. The van der Waals surface area contributed by atoms with E-state index < -0.39 is 0 Å². The van der Waals surface area contributed by atoms with Crippen LogP contribution in [-0.2, 0) is 6.54 Å². The lowest BCUT2D eigenvalue weighted by Gasteiger charge is -2.35. The zero-order valence-electron chi connectivity index (χ0n) is 17.6. The lowest BCUT2D eigenvalue weighted by atomic mass is 10.2. The molecular formula is C22H27N5O3. The van der Waals surface area contributed by atoms with Crippen molar-refractivity contribution in [2.24, 2.45) is 0 Å². The van der Waals surface area contributed by atoms with Gasteiger partial charge in [-0.3, -0.25) is 0 Å². The molecule has 158 valence electrons. The van der Waals surface area contributed by atoms with Crippen LogP contribution in [0.25, 0.3) is 11.0 Å². The Hall–Kier alpha value is -3.42. The second-order valence-electron chi connectivity index (χ2n) is 7.12. The first-order valence-electron chi connectivity index (χ1n) is 10.1. The van der Waals surface area contributed by atoms with Crippen molar-refractivity contribution in [2.45, 2.75) is 13.5 Å². The molecule has 1 aromatic heterocycles. The molecule has 0 bridgehead atoms. The lowest BCUT2D eigenvalue weighted by Crippen LogP contribution is -2.50. The van der Waals surface area contributed by atoms with Crippen molar-refractivity contribution in [3.8, 4) is 11.5 Å². The van der Waals surface area contributed by atoms with Gasteiger partial charge in [-0.05, 0) is 31.2 Å². The quantitative estimate of drug-likeness (QED) is 0.699. The number of ether oxygens (including phenoxy) is 2. The van der Waals surface area contributed by atoms with Gasteiger partial charge in [0.25, 0.3) is 0 Å². The van der Waals surface area contributed by atoms with Crippen molar-refractivity contribution in [1.29, 1.82) is 0 Å². The maximum absolute atomic E-state index is 12.7. The Labute approximate surface area is 176 Å². The fourth-order valence-corrected chi connectivity index (χ4v) is 3.84. The summed E-state index contributed by atoms with van der Waals surface area (Å²) in [6, 6.07) is 13.4. The van der Waals surface area contributed by atoms with Crippen molar-refractivity contribution >= 4 is 28.7 Å². The molecule has 3 aromatic rings. The van der Waals surface area contributed by atoms with Crippen molar-refractivity contribution < 1.29 is 14.3 Å². The first-order chi connectivity index (χ1) is 14.6. The van der Waals surface area contributed by atoms with Crippen molar-refractivity contribution in [1.82, 2.24) is 14.5 Å². The summed E-state index contributed by atoms with van der Waals surface area (Å²) in [5.41, 5.74) is 2.82. The van der Waals surface area contributed by atoms with Gasteiger partial charge in [0.05, 0.1) is 25.3 Å². The highest BCUT2D eigenvalue weighted by atomic mass is 16.5. The third-order valence-corrected chi connectivity index (χ3v) is 5.44. The number of piperazine rings is 1. The molecule has 0 unspecified atom stereocenters. The van der Waals surface area contributed by atoms with E-state index in [1.165, 1.54) is 0 Å². The number of aryl methyl sites for hydroxylation is 1. The molecule has 30 heavy (non-hydrogen) atoms. The molecule has 1 fully saturated rings. The highest BCUT2D eigenvalue weighted by Gasteiger charge is 2.24. The first kappa shape index (κ1) is 19.9. The van der Waals surface area contributed by atoms with E-state index in [1.807, 2.05) is 23.1 Å². The summed E-state index contributed by atoms with van der Waals surface area (Å²) in [6.07, 6.45) is 0. The number of anilines is 2. The Kier molecular flexibility index (Phi) is 5.65. The van der Waals surface area contributed by atoms with Gasteiger partial charge in [-0.2, -0.15) is 0 Å². The number of amides is 2. The summed E-state index contributed by atoms with van der Waals surface area (Å²) in [4.78, 5) is 21.6. The van der Waals surface area contributed by atoms with Crippen molar-refractivity contribution in [3.05, 3.63) is 42.5 Å². The maximum Gasteiger partial charge on any atom is 0.321 e. The number of benzene rings is 2. The number of hydrogen-bond acceptors (Lipinski definition) is 5. The number of hydrogen-bond donors (Lipinski definition) is 1. The van der Waals surface area contributed by atoms with Crippen LogP contribution in [0.15, 0.2) is 42.5 Å². The molecule has 0 radical (unpaired) electrons. The molecule has 2 amide bonds. The van der Waals surface area contributed by atoms with E-state index in [0.717, 1.165) is 36.6 Å². The van der Waals surface area contributed by atoms with Crippen LogP contribution in [0.1, 0.15) is 6.92 Å². The second kappa shape index (κ2) is 8.52. The van der Waals surface area contributed by atoms with Gasteiger partial charge in [-0.25, -0.2) is 9.78 Å². The molecular weight excluding hydrogens is 382 g/mol. The van der Waals surface area contributed by atoms with E-state index in [9.17, 15) is 4.79 Å². The molecule has 8 heteroatoms. The lowest BCUT2D eigenvalue weighted by molar-refractivity contribution is 0.208. The van der Waals surface area contributed by atoms with Gasteiger partial charge >= 0.3 is 6.03 Å². The monoisotopic (exact) mass is 409 g/mol. The van der Waals surface area contributed by atoms with E-state index in [-0.39, 0.29) is 6.03 Å². The smallest absolute Gasteiger partial charge is 0.321 e. The van der Waals surface area contributed by atoms with Crippen LogP contribution in [0.3, 0.4) is 0 Å². The largest absolute Gasteiger partial charge is 0.493 e. The maximum atomic E-state index is 12.7. The van der Waals surface area contributed by atoms with Gasteiger partial charge in [0.15, 0.2) is 11.5 Å². The average Bonchev–Trinajstić information content (AvgIpc) is 3.17. The molecule has 2 aromatic carbocycles. The van der Waals surface area contributed by atoms with Gasteiger partial charge in [-0.1, -0.05) is 12.1 Å². The van der Waals surface area contributed by atoms with Gasteiger partial charge in [-0.15, -0.1) is 0 Å². The van der Waals surface area contributed by atoms with Crippen LogP contribution in [-0.4, -0.2) is 60.9 Å². The molecule has 1 aliphatic rings. The Morgan fingerprint density at radius 3 is 2.47 bits per heavy atom. The first-order valence-corrected chi connectivity index (χ1v) is 10.1. The summed E-state index contributed by atoms with van der Waals surface area (Å²) in [5, 5.41) is 2.95. The third kappa shape index (κ3) is 3.72. The van der Waals surface area contributed by atoms with Crippen LogP contribution in [0.5, 0.6) is 11.5 Å². The number of aromatic nitrogens is 2. The summed E-state index contributed by atoms with van der Waals surface area (Å²) in [7, 11) is 3.16. The van der Waals surface area contributed by atoms with Crippen LogP contribution >= 0.6 is 0 Å². The molecule has 8 nitrogen and oxygen atoms in total. The number of urea groups is 1. The Balaban J connectivity index is 1.42. The molecule has 0 atom stereocenters. The number of methoxy groups -OCH3 is 2. The number of nitrogens with zero attached hydrogens (tertiary/aromatic N) is 4. The Morgan fingerprint density at radius 1 is 1.03 bits per heavy atom. The number of fused-ring (bicyclic) bond motifs is 1. The highest BCUT2D eigenvalue weighted by molar-refractivity contribution is 5.90. The minimum absolute atomic E-state index is 0.120. The standard InChI is InChI=1S/C22H27N5O3/c1-4-27-18-8-6-5-7-17(18)24-21(27)25-11-13-26(14-12-25)22(28)23-16-9-10-19(29-2)20(15-16)30-3/h5-10,15H,4,11-14H2,1-3H3,(H,23,28). The summed E-state index contributed by atoms with van der Waals surface area (Å²) >= 11 is 0. The number of rotatable bonds is 5. The summed E-state index contributed by atoms with van der Waals surface area (Å²) in [5.74, 6) is 2.18. The normalized spacial score (nSPS) is 14.1. The molecule has 1 N–H and O–H groups in total. The number of imidazole rings is 1. The van der Waals surface area contributed by atoms with Gasteiger partial charge in [0, 0.05) is 44.5 Å². The number of para-hydroxylation sites is 2. The van der Waals surface area contributed by atoms with E-state index >= 15 is 0 Å². The number of nitrogens with one attached hydrogen (secondary N) is 1. The van der Waals surface area contributed by atoms with Crippen molar-refractivity contribution in [3.63, 3.8) is 0 Å². The average molecular weight is 409 g/mol. The fourth-order valence-electron chi connectivity index (χ4n) is 3.84. The summed E-state index contributed by atoms with van der Waals surface area (Å²) < 4.78 is 12.8. The van der Waals surface area contributed by atoms with Crippen LogP contribution in [0.2, 0.25) is 0 Å². The van der Waals surface area contributed by atoms with Crippen LogP contribution in [0.4, 0.5) is 16.4 Å². The SMILES string of the molecule is CCn1c(N2CCN(C(=O)Nc3ccc(OC)c(OC)c3)CC2)nc2ccccc21. The minimum Gasteiger partial charge on any atom is -0.493 e. The van der Waals surface area contributed by atoms with Crippen LogP contribution in [0, 0.1) is 0 Å². The minimum atomic E-state index is -0.120. The van der Waals surface area contributed by atoms with E-state index in [1.54, 1.807) is 32.4 Å². The Bertz CT molecular complexity index is 1040. The molecule has 1 saturated heterocycles. The van der Waals surface area contributed by atoms with E-state index in [2.05, 4.69) is 27.8 Å². The van der Waals surface area contributed by atoms with E-state index in [4.69, 9.17) is 14.5 Å². The topological polar surface area (TPSA) is 71.9 Å². The third-order valence-electron chi connectivity index (χ3n) is 5.44. The zero-order chi connectivity index (χ0) is 21.1. The molecule has 1 aliphatic heterocycles. The summed E-state index contributed by atoms with van der Waals surface area (Å²) in [6.45, 7) is 5.73. The molecule has 0 spiro atoms. The molecule has 0 aliphatic carbocycles. The predicted molar refractivity (Wildman–Crippen MR) is 118 cm³/mol. The number of carbonyl (C=O) groups excluding carboxylic acids is 1. The molecule has 0 saturated carbocycles. The fraction of sp³-hybridized carbons (Fsp3) is 0.364. The Morgan fingerprint density at radius 2 is 1.77 bits per heavy atom. The van der Waals surface area contributed by atoms with E-state index in [0.29, 0.717) is 30.3 Å². The number of carbonyl (C=O) groups is 1. The predicted octanol–water partition coefficient (Wildman–Crippen LogP) is 3.43. The molecule has 4 rings (SSSR count).